The van der Waals surface area contributed by atoms with Gasteiger partial charge >= 0.3 is 5.97 Å². The lowest BCUT2D eigenvalue weighted by molar-refractivity contribution is -0.155. The Bertz CT molecular complexity index is 772. The lowest BCUT2D eigenvalue weighted by Crippen LogP contribution is -2.27. The molecule has 0 saturated heterocycles. The number of aromatic nitrogens is 1. The molecule has 2 aromatic rings. The van der Waals surface area contributed by atoms with E-state index in [4.69, 9.17) is 4.74 Å². The smallest absolute Gasteiger partial charge is 0.315 e. The van der Waals surface area contributed by atoms with E-state index < -0.39 is 23.9 Å². The van der Waals surface area contributed by atoms with Gasteiger partial charge in [0.05, 0.1) is 16.0 Å². The molecule has 1 aromatic carbocycles. The molecule has 0 fully saturated rings. The average molecular weight is 388 g/mol. The molecular weight excluding hydrogens is 370 g/mol. The van der Waals surface area contributed by atoms with E-state index in [0.717, 1.165) is 16.5 Å². The molecular formula is C16H18F2N2O3S2. The molecule has 0 saturated carbocycles. The molecule has 1 heterocycles. The minimum Gasteiger partial charge on any atom is -0.460 e. The summed E-state index contributed by atoms with van der Waals surface area (Å²) in [5.41, 5.74) is 0.535. The molecule has 0 aliphatic rings. The number of rotatable bonds is 6. The number of alkyl halides is 2. The second kappa shape index (κ2) is 8.09. The zero-order chi connectivity index (χ0) is 18.6. The van der Waals surface area contributed by atoms with Crippen molar-refractivity contribution in [1.82, 2.24) is 4.98 Å². The quantitative estimate of drug-likeness (QED) is 0.453. The lowest BCUT2D eigenvalue weighted by atomic mass is 10.2. The first-order chi connectivity index (χ1) is 11.6. The van der Waals surface area contributed by atoms with Gasteiger partial charge in [-0.25, -0.2) is 13.8 Å². The third-order valence-electron chi connectivity index (χ3n) is 2.71. The van der Waals surface area contributed by atoms with E-state index in [9.17, 15) is 18.4 Å². The van der Waals surface area contributed by atoms with Crippen LogP contribution in [0.1, 0.15) is 27.2 Å². The largest absolute Gasteiger partial charge is 0.460 e. The number of anilines is 1. The number of nitrogens with one attached hydrogen (secondary N) is 1. The number of halogens is 2. The first kappa shape index (κ1) is 19.6. The van der Waals surface area contributed by atoms with Gasteiger partial charge in [-0.2, -0.15) is 0 Å². The van der Waals surface area contributed by atoms with Crippen molar-refractivity contribution in [2.45, 2.75) is 43.6 Å². The topological polar surface area (TPSA) is 68.3 Å². The van der Waals surface area contributed by atoms with Crippen LogP contribution < -0.4 is 5.32 Å². The minimum atomic E-state index is -2.39. The number of hydrogen-bond acceptors (Lipinski definition) is 6. The van der Waals surface area contributed by atoms with Gasteiger partial charge in [0.25, 0.3) is 0 Å². The molecule has 9 heteroatoms. The molecule has 0 aliphatic heterocycles. The predicted molar refractivity (Wildman–Crippen MR) is 95.4 cm³/mol. The monoisotopic (exact) mass is 388 g/mol. The lowest BCUT2D eigenvalue weighted by Gasteiger charge is -2.19. The summed E-state index contributed by atoms with van der Waals surface area (Å²) in [6, 6.07) is 5.05. The number of esters is 1. The van der Waals surface area contributed by atoms with Crippen molar-refractivity contribution in [2.24, 2.45) is 0 Å². The Morgan fingerprint density at radius 2 is 2.08 bits per heavy atom. The van der Waals surface area contributed by atoms with Crippen molar-refractivity contribution in [3.05, 3.63) is 18.2 Å². The van der Waals surface area contributed by atoms with Crippen LogP contribution in [0.5, 0.6) is 0 Å². The van der Waals surface area contributed by atoms with Crippen molar-refractivity contribution >= 4 is 50.9 Å². The summed E-state index contributed by atoms with van der Waals surface area (Å²) >= 11 is 2.27. The number of amides is 1. The summed E-state index contributed by atoms with van der Waals surface area (Å²) < 4.78 is 30.9. The van der Waals surface area contributed by atoms with Crippen LogP contribution in [0.25, 0.3) is 10.2 Å². The predicted octanol–water partition coefficient (Wildman–Crippen LogP) is 4.32. The number of benzene rings is 1. The highest BCUT2D eigenvalue weighted by molar-refractivity contribution is 8.01. The van der Waals surface area contributed by atoms with Crippen LogP contribution >= 0.6 is 23.1 Å². The molecule has 5 nitrogen and oxygen atoms in total. The van der Waals surface area contributed by atoms with E-state index in [1.807, 2.05) is 0 Å². The van der Waals surface area contributed by atoms with Gasteiger partial charge in [-0.1, -0.05) is 11.8 Å². The van der Waals surface area contributed by atoms with Crippen LogP contribution in [0, 0.1) is 0 Å². The zero-order valence-electron chi connectivity index (χ0n) is 14.0. The van der Waals surface area contributed by atoms with Crippen LogP contribution in [-0.4, -0.2) is 34.6 Å². The average Bonchev–Trinajstić information content (AvgIpc) is 2.84. The highest BCUT2D eigenvalue weighted by Crippen LogP contribution is 2.32. The van der Waals surface area contributed by atoms with Crippen molar-refractivity contribution in [1.29, 1.82) is 0 Å². The van der Waals surface area contributed by atoms with Crippen LogP contribution in [0.4, 0.5) is 14.5 Å². The SMILES string of the molecule is CC(C)(C)OC(=O)CC(=O)Nc1ccc2nc(SCC(F)F)sc2c1. The van der Waals surface area contributed by atoms with Gasteiger partial charge < -0.3 is 10.1 Å². The summed E-state index contributed by atoms with van der Waals surface area (Å²) in [5.74, 6) is -1.39. The molecule has 0 atom stereocenters. The summed E-state index contributed by atoms with van der Waals surface area (Å²) in [4.78, 5) is 27.8. The van der Waals surface area contributed by atoms with Gasteiger partial charge in [-0.3, -0.25) is 9.59 Å². The molecule has 0 unspecified atom stereocenters. The molecule has 1 amide bonds. The van der Waals surface area contributed by atoms with Crippen molar-refractivity contribution in [2.75, 3.05) is 11.1 Å². The third-order valence-corrected chi connectivity index (χ3v) is 4.88. The fraction of sp³-hybridized carbons (Fsp3) is 0.438. The van der Waals surface area contributed by atoms with Crippen molar-refractivity contribution in [3.8, 4) is 0 Å². The van der Waals surface area contributed by atoms with Gasteiger partial charge in [0.15, 0.2) is 4.34 Å². The van der Waals surface area contributed by atoms with E-state index >= 15 is 0 Å². The Hall–Kier alpha value is -1.74. The molecule has 1 aromatic heterocycles. The van der Waals surface area contributed by atoms with Crippen molar-refractivity contribution in [3.63, 3.8) is 0 Å². The van der Waals surface area contributed by atoms with Gasteiger partial charge in [-0.05, 0) is 39.0 Å². The number of hydrogen-bond donors (Lipinski definition) is 1. The summed E-state index contributed by atoms with van der Waals surface area (Å²) in [6.07, 6.45) is -2.77. The maximum Gasteiger partial charge on any atom is 0.315 e. The highest BCUT2D eigenvalue weighted by Gasteiger charge is 2.19. The maximum absolute atomic E-state index is 12.3. The first-order valence-corrected chi connectivity index (χ1v) is 9.26. The summed E-state index contributed by atoms with van der Waals surface area (Å²) in [6.45, 7) is 5.18. The summed E-state index contributed by atoms with van der Waals surface area (Å²) in [7, 11) is 0. The van der Waals surface area contributed by atoms with Crippen LogP contribution in [0.2, 0.25) is 0 Å². The standard InChI is InChI=1S/C16H18F2N2O3S2/c1-16(2,3)23-14(22)7-13(21)19-9-4-5-10-11(6-9)25-15(20-10)24-8-12(17)18/h4-6,12H,7-8H2,1-3H3,(H,19,21). The second-order valence-electron chi connectivity index (χ2n) is 6.18. The third kappa shape index (κ3) is 6.58. The molecule has 25 heavy (non-hydrogen) atoms. The summed E-state index contributed by atoms with van der Waals surface area (Å²) in [5, 5.41) is 2.62. The van der Waals surface area contributed by atoms with E-state index in [2.05, 4.69) is 10.3 Å². The Labute approximate surface area is 152 Å². The van der Waals surface area contributed by atoms with Crippen LogP contribution in [-0.2, 0) is 14.3 Å². The van der Waals surface area contributed by atoms with Crippen LogP contribution in [0.15, 0.2) is 22.5 Å². The highest BCUT2D eigenvalue weighted by atomic mass is 32.2. The van der Waals surface area contributed by atoms with Gasteiger partial charge in [-0.15, -0.1) is 11.3 Å². The number of thioether (sulfide) groups is 1. The number of carbonyl (C=O) groups is 2. The number of nitrogens with zero attached hydrogens (tertiary/aromatic N) is 1. The molecule has 136 valence electrons. The minimum absolute atomic E-state index is 0.306. The van der Waals surface area contributed by atoms with E-state index in [1.165, 1.54) is 11.3 Å². The van der Waals surface area contributed by atoms with Gasteiger partial charge in [0.2, 0.25) is 12.3 Å². The Morgan fingerprint density at radius 3 is 2.72 bits per heavy atom. The molecule has 0 radical (unpaired) electrons. The fourth-order valence-corrected chi connectivity index (χ4v) is 3.77. The van der Waals surface area contributed by atoms with E-state index in [-0.39, 0.29) is 12.2 Å². The van der Waals surface area contributed by atoms with E-state index in [0.29, 0.717) is 15.5 Å². The van der Waals surface area contributed by atoms with Crippen LogP contribution in [0.3, 0.4) is 0 Å². The fourth-order valence-electron chi connectivity index (χ4n) is 1.89. The van der Waals surface area contributed by atoms with Crippen molar-refractivity contribution < 1.29 is 23.1 Å². The second-order valence-corrected chi connectivity index (χ2v) is 8.47. The van der Waals surface area contributed by atoms with Gasteiger partial charge in [0.1, 0.15) is 12.0 Å². The number of fused-ring (bicyclic) bond motifs is 1. The Balaban J connectivity index is 1.99. The Kier molecular flexibility index (Phi) is 6.34. The zero-order valence-corrected chi connectivity index (χ0v) is 15.6. The maximum atomic E-state index is 12.3. The first-order valence-electron chi connectivity index (χ1n) is 7.45. The molecule has 2 rings (SSSR count). The Morgan fingerprint density at radius 1 is 1.36 bits per heavy atom. The molecule has 0 bridgehead atoms. The molecule has 1 N–H and O–H groups in total. The number of ether oxygens (including phenoxy) is 1. The normalized spacial score (nSPS) is 11.8. The van der Waals surface area contributed by atoms with Gasteiger partial charge in [0, 0.05) is 5.69 Å². The molecule has 0 aliphatic carbocycles. The number of carbonyl (C=O) groups excluding carboxylic acids is 2. The number of thiazole rings is 1. The van der Waals surface area contributed by atoms with E-state index in [1.54, 1.807) is 39.0 Å². The molecule has 0 spiro atoms.